The van der Waals surface area contributed by atoms with Crippen molar-refractivity contribution in [3.63, 3.8) is 0 Å². The third-order valence-corrected chi connectivity index (χ3v) is 28.7. The molecule has 10 aromatic carbocycles. The van der Waals surface area contributed by atoms with Gasteiger partial charge in [0.25, 0.3) is 0 Å². The molecule has 20 rings (SSSR count). The van der Waals surface area contributed by atoms with Crippen molar-refractivity contribution >= 4 is 150 Å². The number of para-hydroxylation sites is 2. The van der Waals surface area contributed by atoms with Gasteiger partial charge in [0.05, 0.1) is 0 Å². The first kappa shape index (κ1) is 113. The standard InChI is InChI=1S/C17H18.C14H10.C13H11N.C10H8.C8H8S2.C8H8Se2.C7H11N.C6H8O.C6H8S.C6H8Se.C6H6.8C2H6/c1-11-5-7-13-14-8-6-12(2)10-16(14)17(3,4)15(13)9-11;1-2-6-12-10-14-8-4-3-7-13(14)9-11(12)5-1;1-14-12-8-4-2-6-10(12)11-7-3-5-9-13(11)14;1-2-6-10-8-4-3-7-9(10)5-1;2*1-5-3-7-8(9-5)4-6(2)10-7;1-6-4-5-7(2)8(6)3;3*1-5-3-4-6(2)7-5;1-2-4-6-5-3-1;8*1-2/h5-10H,1-4H3;1-10H;2-9H,1H3;1-8H;2*3-4H,1-2H3;4-5H,1-3H3;3*3-4H,1-2H3;1-6H;8*1-2H3. The van der Waals surface area contributed by atoms with Crippen LogP contribution in [0.2, 0.25) is 0 Å². The van der Waals surface area contributed by atoms with Crippen molar-refractivity contribution in [2.24, 2.45) is 14.1 Å². The average Bonchev–Trinajstić information content (AvgIpc) is 1.58. The van der Waals surface area contributed by atoms with Crippen molar-refractivity contribution in [2.45, 2.75) is 227 Å². The van der Waals surface area contributed by atoms with Crippen LogP contribution in [0.3, 0.4) is 0 Å². The predicted molar refractivity (Wildman–Crippen MR) is 583 cm³/mol. The summed E-state index contributed by atoms with van der Waals surface area (Å²) in [5.74, 6) is 1.97. The zero-order chi connectivity index (χ0) is 94.4. The minimum atomic E-state index is 0.142. The molecule has 9 aromatic heterocycles. The van der Waals surface area contributed by atoms with E-state index in [4.69, 9.17) is 4.42 Å². The average molecular weight is 1940 g/mol. The quantitative estimate of drug-likeness (QED) is 0.110. The zero-order valence-electron chi connectivity index (χ0n) is 83.1. The van der Waals surface area contributed by atoms with Crippen LogP contribution in [0.25, 0.3) is 83.2 Å². The Hall–Kier alpha value is -9.04. The van der Waals surface area contributed by atoms with Crippen LogP contribution < -0.4 is 0 Å². The first-order valence-electron chi connectivity index (χ1n) is 45.4. The largest absolute Gasteiger partial charge is 0.467 e. The molecule has 0 N–H and O–H groups in total. The van der Waals surface area contributed by atoms with Crippen molar-refractivity contribution in [1.29, 1.82) is 0 Å². The molecule has 126 heavy (non-hydrogen) atoms. The smallest absolute Gasteiger partial charge is 0.101 e. The van der Waals surface area contributed by atoms with Crippen LogP contribution in [-0.4, -0.2) is 52.6 Å². The van der Waals surface area contributed by atoms with Crippen LogP contribution in [0.5, 0.6) is 0 Å². The summed E-state index contributed by atoms with van der Waals surface area (Å²) in [6.45, 7) is 66.5. The predicted octanol–water partition coefficient (Wildman–Crippen LogP) is 37.1. The monoisotopic (exact) mass is 1940 g/mol. The Morgan fingerprint density at radius 1 is 0.254 bits per heavy atom. The Balaban J connectivity index is 0.000000467. The van der Waals surface area contributed by atoms with Gasteiger partial charge >= 0.3 is 122 Å². The van der Waals surface area contributed by atoms with E-state index in [-0.39, 0.29) is 5.41 Å². The summed E-state index contributed by atoms with van der Waals surface area (Å²) in [5.41, 5.74) is 13.8. The molecule has 0 amide bonds. The molecular weight excluding hydrogens is 1780 g/mol. The number of rotatable bonds is 0. The molecule has 1 aliphatic rings. The fraction of sp³-hybridized carbons (Fsp3) is 0.299. The summed E-state index contributed by atoms with van der Waals surface area (Å²) in [5, 5.41) is 10.5. The second-order valence-corrected chi connectivity index (χ2v) is 41.0. The summed E-state index contributed by atoms with van der Waals surface area (Å²) in [6, 6.07) is 107. The maximum Gasteiger partial charge on any atom is 0.101 e. The van der Waals surface area contributed by atoms with Crippen LogP contribution in [0.15, 0.2) is 308 Å². The van der Waals surface area contributed by atoms with Gasteiger partial charge in [-0.2, -0.15) is 0 Å². The van der Waals surface area contributed by atoms with Crippen molar-refractivity contribution in [3.05, 3.63) is 386 Å². The van der Waals surface area contributed by atoms with E-state index in [0.29, 0.717) is 43.5 Å². The van der Waals surface area contributed by atoms with E-state index < -0.39 is 0 Å². The molecule has 3 nitrogen and oxygen atoms in total. The van der Waals surface area contributed by atoms with Gasteiger partial charge < -0.3 is 13.6 Å². The number of aromatic nitrogens is 2. The van der Waals surface area contributed by atoms with E-state index in [1.807, 2.05) is 207 Å². The van der Waals surface area contributed by atoms with Crippen molar-refractivity contribution in [1.82, 2.24) is 9.13 Å². The molecule has 0 bridgehead atoms. The molecule has 9 heterocycles. The SMILES string of the molecule is CC.CC.CC.CC.CC.CC.CC.CC.Cc1cc2[se]c(C)cc2[se]1.Cc1cc2sc(C)cc2s1.Cc1ccc(C)[se]1.Cc1ccc(C)n1C.Cc1ccc(C)o1.Cc1ccc(C)s1.Cc1ccc2c(c1)C(C)(C)c1cc(C)ccc1-2.Cn1c2ccccc2c2ccccc21.c1ccc2cc3ccccc3cc2c1.c1ccc2ccccc2c1.c1ccccc1. The molecule has 0 fully saturated rings. The summed E-state index contributed by atoms with van der Waals surface area (Å²) in [7, 11) is 4.19. The van der Waals surface area contributed by atoms with Gasteiger partial charge in [-0.05, 0) is 197 Å². The second kappa shape index (κ2) is 63.0. The molecule has 1 aliphatic carbocycles. The third-order valence-electron chi connectivity index (χ3n) is 18.9. The van der Waals surface area contributed by atoms with E-state index in [1.165, 1.54) is 128 Å². The summed E-state index contributed by atoms with van der Waals surface area (Å²) >= 11 is 7.70. The van der Waals surface area contributed by atoms with Crippen molar-refractivity contribution < 1.29 is 4.42 Å². The Morgan fingerprint density at radius 3 is 0.817 bits per heavy atom. The number of nitrogens with zero attached hydrogens (tertiary/aromatic N) is 2. The van der Waals surface area contributed by atoms with Crippen molar-refractivity contribution in [3.8, 4) is 11.1 Å². The maximum atomic E-state index is 5.08. The van der Waals surface area contributed by atoms with Gasteiger partial charge in [-0.3, -0.25) is 0 Å². The minimum Gasteiger partial charge on any atom is -0.467 e. The fourth-order valence-electron chi connectivity index (χ4n) is 13.0. The number of furan rings is 1. The number of fused-ring (bicyclic) bond motifs is 11. The van der Waals surface area contributed by atoms with E-state index in [2.05, 4.69) is 375 Å². The molecule has 672 valence electrons. The zero-order valence-corrected chi connectivity index (χ0v) is 90.7. The third kappa shape index (κ3) is 37.0. The van der Waals surface area contributed by atoms with Gasteiger partial charge in [0.1, 0.15) is 11.5 Å². The van der Waals surface area contributed by atoms with Crippen molar-refractivity contribution in [2.75, 3.05) is 0 Å². The van der Waals surface area contributed by atoms with Gasteiger partial charge in [0.15, 0.2) is 0 Å². The number of aryl methyl sites for hydroxylation is 15. The number of hydrogen-bond acceptors (Lipinski definition) is 4. The van der Waals surface area contributed by atoms with Gasteiger partial charge in [0.2, 0.25) is 0 Å². The van der Waals surface area contributed by atoms with E-state index in [1.54, 1.807) is 26.3 Å². The van der Waals surface area contributed by atoms with Gasteiger partial charge in [-0.1, -0.05) is 342 Å². The van der Waals surface area contributed by atoms with E-state index in [9.17, 15) is 0 Å². The van der Waals surface area contributed by atoms with Crippen LogP contribution >= 0.6 is 34.0 Å². The Bertz CT molecular complexity index is 5410. The Labute approximate surface area is 794 Å². The molecule has 0 unspecified atom stereocenters. The Kier molecular flexibility index (Phi) is 56.5. The minimum absolute atomic E-state index is 0.142. The summed E-state index contributed by atoms with van der Waals surface area (Å²) in [6.07, 6.45) is 0. The maximum absolute atomic E-state index is 5.08. The molecule has 0 saturated heterocycles. The molecule has 0 saturated carbocycles. The van der Waals surface area contributed by atoms with Crippen LogP contribution in [0.1, 0.15) is 207 Å². The van der Waals surface area contributed by atoms with Crippen LogP contribution in [0.4, 0.5) is 0 Å². The topological polar surface area (TPSA) is 23.0 Å². The molecule has 0 spiro atoms. The summed E-state index contributed by atoms with van der Waals surface area (Å²) < 4.78 is 22.0. The molecule has 0 aliphatic heterocycles. The molecule has 19 aromatic rings. The molecule has 0 atom stereocenters. The van der Waals surface area contributed by atoms with Crippen LogP contribution in [0, 0.1) is 96.9 Å². The number of hydrogen-bond donors (Lipinski definition) is 0. The number of thiophene rings is 3. The van der Waals surface area contributed by atoms with Gasteiger partial charge in [-0.15, -0.1) is 34.0 Å². The second-order valence-electron chi connectivity index (χ2n) is 28.4. The normalized spacial score (nSPS) is 10.0. The first-order chi connectivity index (χ1) is 60.9. The van der Waals surface area contributed by atoms with E-state index in [0.717, 1.165) is 11.5 Å². The molecule has 9 heteroatoms. The van der Waals surface area contributed by atoms with Gasteiger partial charge in [-0.25, -0.2) is 0 Å². The number of benzene rings is 10. The molecular formula is C117H152N2OS3Se3. The first-order valence-corrected chi connectivity index (χ1v) is 53.0. The summed E-state index contributed by atoms with van der Waals surface area (Å²) in [4.78, 5) is 5.64. The van der Waals surface area contributed by atoms with Crippen LogP contribution in [-0.2, 0) is 19.5 Å². The Morgan fingerprint density at radius 2 is 0.556 bits per heavy atom. The van der Waals surface area contributed by atoms with Gasteiger partial charge in [0, 0.05) is 81.6 Å². The molecule has 0 radical (unpaired) electrons. The van der Waals surface area contributed by atoms with E-state index >= 15 is 0 Å². The fourth-order valence-corrected chi connectivity index (χ4v) is 23.2.